The van der Waals surface area contributed by atoms with E-state index >= 15 is 0 Å². The number of aromatic nitrogens is 4. The molecule has 2 heterocycles. The fourth-order valence-electron chi connectivity index (χ4n) is 3.19. The van der Waals surface area contributed by atoms with Crippen LogP contribution in [0.15, 0.2) is 29.1 Å². The summed E-state index contributed by atoms with van der Waals surface area (Å²) >= 11 is 0. The van der Waals surface area contributed by atoms with E-state index in [9.17, 15) is 9.18 Å². The Bertz CT molecular complexity index is 980. The maximum absolute atomic E-state index is 12.9. The Labute approximate surface area is 152 Å². The number of nitrogens with one attached hydrogen (secondary N) is 1. The molecular formula is C20H25FN4O. The van der Waals surface area contributed by atoms with Crippen molar-refractivity contribution >= 4 is 11.0 Å². The van der Waals surface area contributed by atoms with E-state index in [1.54, 1.807) is 6.92 Å². The summed E-state index contributed by atoms with van der Waals surface area (Å²) in [4.78, 5) is 19.5. The molecule has 6 heteroatoms. The number of halogens is 1. The van der Waals surface area contributed by atoms with Crippen LogP contribution in [0.5, 0.6) is 0 Å². The average Bonchev–Trinajstić information content (AvgIpc) is 2.92. The van der Waals surface area contributed by atoms with Gasteiger partial charge in [0.2, 0.25) is 0 Å². The Morgan fingerprint density at radius 1 is 1.23 bits per heavy atom. The van der Waals surface area contributed by atoms with Gasteiger partial charge in [0.1, 0.15) is 18.0 Å². The van der Waals surface area contributed by atoms with E-state index < -0.39 is 6.67 Å². The van der Waals surface area contributed by atoms with Gasteiger partial charge in [-0.1, -0.05) is 52.0 Å². The van der Waals surface area contributed by atoms with Crippen molar-refractivity contribution in [1.29, 1.82) is 0 Å². The van der Waals surface area contributed by atoms with E-state index in [2.05, 4.69) is 60.1 Å². The lowest BCUT2D eigenvalue weighted by atomic mass is 9.85. The monoisotopic (exact) mass is 356 g/mol. The molecule has 3 rings (SSSR count). The van der Waals surface area contributed by atoms with Crippen molar-refractivity contribution in [3.05, 3.63) is 57.3 Å². The van der Waals surface area contributed by atoms with Crippen molar-refractivity contribution in [1.82, 2.24) is 19.7 Å². The van der Waals surface area contributed by atoms with Crippen molar-refractivity contribution < 1.29 is 4.39 Å². The number of aryl methyl sites for hydroxylation is 2. The molecule has 0 fully saturated rings. The van der Waals surface area contributed by atoms with E-state index in [1.165, 1.54) is 10.2 Å². The Hall–Kier alpha value is -2.50. The van der Waals surface area contributed by atoms with Crippen LogP contribution in [0.2, 0.25) is 0 Å². The zero-order valence-corrected chi connectivity index (χ0v) is 15.9. The van der Waals surface area contributed by atoms with Gasteiger partial charge in [-0.2, -0.15) is 5.10 Å². The quantitative estimate of drug-likeness (QED) is 0.772. The van der Waals surface area contributed by atoms with E-state index in [0.29, 0.717) is 22.6 Å². The summed E-state index contributed by atoms with van der Waals surface area (Å²) in [6.07, 6.45) is 0. The van der Waals surface area contributed by atoms with Gasteiger partial charge in [-0.05, 0) is 23.5 Å². The van der Waals surface area contributed by atoms with Crippen LogP contribution in [0.1, 0.15) is 56.3 Å². The summed E-state index contributed by atoms with van der Waals surface area (Å²) in [6, 6.07) is 8.42. The predicted molar refractivity (Wildman–Crippen MR) is 102 cm³/mol. The average molecular weight is 356 g/mol. The Balaban J connectivity index is 2.11. The van der Waals surface area contributed by atoms with Gasteiger partial charge in [0.15, 0.2) is 5.52 Å². The third kappa shape index (κ3) is 3.28. The number of hydrogen-bond acceptors (Lipinski definition) is 3. The van der Waals surface area contributed by atoms with Gasteiger partial charge in [-0.3, -0.25) is 9.48 Å². The number of rotatable bonds is 4. The number of fused-ring (bicyclic) bond motifs is 1. The van der Waals surface area contributed by atoms with Gasteiger partial charge in [-0.25, -0.2) is 9.37 Å². The van der Waals surface area contributed by atoms with Crippen molar-refractivity contribution in [2.75, 3.05) is 6.67 Å². The van der Waals surface area contributed by atoms with Crippen molar-refractivity contribution in [2.45, 2.75) is 52.5 Å². The molecular weight excluding hydrogens is 331 g/mol. The molecule has 2 aromatic heterocycles. The molecule has 1 atom stereocenters. The van der Waals surface area contributed by atoms with Gasteiger partial charge < -0.3 is 4.98 Å². The van der Waals surface area contributed by atoms with E-state index in [1.807, 2.05) is 6.92 Å². The number of H-pyrrole nitrogens is 1. The predicted octanol–water partition coefficient (Wildman–Crippen LogP) is 3.85. The maximum atomic E-state index is 12.9. The summed E-state index contributed by atoms with van der Waals surface area (Å²) in [5, 5.41) is 4.52. The second kappa shape index (κ2) is 6.67. The minimum absolute atomic E-state index is 0.0417. The van der Waals surface area contributed by atoms with Crippen LogP contribution in [0, 0.1) is 6.92 Å². The Kier molecular flexibility index (Phi) is 4.69. The third-order valence-corrected chi connectivity index (χ3v) is 4.73. The number of aromatic amines is 1. The Morgan fingerprint density at radius 3 is 2.46 bits per heavy atom. The minimum Gasteiger partial charge on any atom is -0.309 e. The van der Waals surface area contributed by atoms with Crippen LogP contribution < -0.4 is 5.56 Å². The molecule has 3 aromatic rings. The molecule has 5 nitrogen and oxygen atoms in total. The molecule has 0 spiro atoms. The van der Waals surface area contributed by atoms with Gasteiger partial charge in [0, 0.05) is 5.92 Å². The fourth-order valence-corrected chi connectivity index (χ4v) is 3.19. The first-order chi connectivity index (χ1) is 12.2. The molecule has 0 aliphatic carbocycles. The number of alkyl halides is 1. The molecule has 0 unspecified atom stereocenters. The van der Waals surface area contributed by atoms with Crippen molar-refractivity contribution in [3.8, 4) is 0 Å². The molecule has 1 aromatic carbocycles. The zero-order valence-electron chi connectivity index (χ0n) is 15.9. The highest BCUT2D eigenvalue weighted by Gasteiger charge is 2.22. The highest BCUT2D eigenvalue weighted by Crippen LogP contribution is 2.30. The van der Waals surface area contributed by atoms with E-state index in [0.717, 1.165) is 5.56 Å². The van der Waals surface area contributed by atoms with Crippen LogP contribution in [-0.2, 0) is 12.0 Å². The lowest BCUT2D eigenvalue weighted by molar-refractivity contribution is 0.431. The van der Waals surface area contributed by atoms with E-state index in [4.69, 9.17) is 0 Å². The van der Waals surface area contributed by atoms with E-state index in [-0.39, 0.29) is 23.4 Å². The van der Waals surface area contributed by atoms with Crippen LogP contribution in [0.25, 0.3) is 11.0 Å². The highest BCUT2D eigenvalue weighted by molar-refractivity contribution is 5.77. The normalized spacial score (nSPS) is 13.3. The molecule has 1 N–H and O–H groups in total. The summed E-state index contributed by atoms with van der Waals surface area (Å²) < 4.78 is 14.3. The first-order valence-corrected chi connectivity index (χ1v) is 8.86. The van der Waals surface area contributed by atoms with Gasteiger partial charge in [-0.15, -0.1) is 0 Å². The SMILES string of the molecule is Cc1nc2c([C@H](C)c3ccc(C(C)(C)C)cc3)nn(CCF)c2c(=O)[nH]1. The molecule has 0 aliphatic heterocycles. The van der Waals surface area contributed by atoms with Crippen molar-refractivity contribution in [2.24, 2.45) is 0 Å². The first-order valence-electron chi connectivity index (χ1n) is 8.86. The highest BCUT2D eigenvalue weighted by atomic mass is 19.1. The zero-order chi connectivity index (χ0) is 19.1. The molecule has 0 saturated heterocycles. The topological polar surface area (TPSA) is 63.6 Å². The third-order valence-electron chi connectivity index (χ3n) is 4.73. The largest absolute Gasteiger partial charge is 0.309 e. The van der Waals surface area contributed by atoms with Crippen LogP contribution in [0.4, 0.5) is 4.39 Å². The lowest BCUT2D eigenvalue weighted by Crippen LogP contribution is -2.14. The van der Waals surface area contributed by atoms with Crippen LogP contribution in [0.3, 0.4) is 0 Å². The Morgan fingerprint density at radius 2 is 1.88 bits per heavy atom. The van der Waals surface area contributed by atoms with Gasteiger partial charge >= 0.3 is 0 Å². The number of hydrogen-bond donors (Lipinski definition) is 1. The summed E-state index contributed by atoms with van der Waals surface area (Å²) in [7, 11) is 0. The first kappa shape index (κ1) is 18.3. The number of benzene rings is 1. The second-order valence-corrected chi connectivity index (χ2v) is 7.74. The van der Waals surface area contributed by atoms with Crippen molar-refractivity contribution in [3.63, 3.8) is 0 Å². The molecule has 138 valence electrons. The fraction of sp³-hybridized carbons (Fsp3) is 0.450. The molecule has 26 heavy (non-hydrogen) atoms. The molecule has 0 amide bonds. The molecule has 0 bridgehead atoms. The van der Waals surface area contributed by atoms with Crippen LogP contribution >= 0.6 is 0 Å². The maximum Gasteiger partial charge on any atom is 0.277 e. The molecule has 0 aliphatic rings. The molecule has 0 saturated carbocycles. The second-order valence-electron chi connectivity index (χ2n) is 7.74. The lowest BCUT2D eigenvalue weighted by Gasteiger charge is -2.20. The van der Waals surface area contributed by atoms with Gasteiger partial charge in [0.05, 0.1) is 12.2 Å². The summed E-state index contributed by atoms with van der Waals surface area (Å²) in [5.74, 6) is 0.472. The van der Waals surface area contributed by atoms with Crippen LogP contribution in [-0.4, -0.2) is 26.4 Å². The smallest absolute Gasteiger partial charge is 0.277 e. The molecule has 0 radical (unpaired) electrons. The minimum atomic E-state index is -0.585. The number of nitrogens with zero attached hydrogens (tertiary/aromatic N) is 3. The standard InChI is InChI=1S/C20H25FN4O/c1-12(14-6-8-15(9-7-14)20(3,4)5)16-17-18(25(24-16)11-10-21)19(26)23-13(2)22-17/h6-9,12H,10-11H2,1-5H3,(H,22,23,26)/t12-/m1/s1. The van der Waals surface area contributed by atoms with Gasteiger partial charge in [0.25, 0.3) is 5.56 Å². The summed E-state index contributed by atoms with van der Waals surface area (Å²) in [6.45, 7) is 9.76. The summed E-state index contributed by atoms with van der Waals surface area (Å²) in [5.41, 5.74) is 3.73.